The van der Waals surface area contributed by atoms with Crippen LogP contribution >= 0.6 is 11.6 Å². The molecule has 13 heavy (non-hydrogen) atoms. The number of hydrogen-bond donors (Lipinski definition) is 1. The smallest absolute Gasteiger partial charge is 0.0516 e. The molecule has 0 spiro atoms. The lowest BCUT2D eigenvalue weighted by Gasteiger charge is -2.11. The first-order valence-corrected chi connectivity index (χ1v) is 4.78. The highest BCUT2D eigenvalue weighted by Gasteiger charge is 2.24. The topological polar surface area (TPSA) is 15.3 Å². The van der Waals surface area contributed by atoms with E-state index in [2.05, 4.69) is 23.3 Å². The molecule has 1 heterocycles. The number of nitrogens with one attached hydrogen (secondary N) is 1. The van der Waals surface area contributed by atoms with Gasteiger partial charge in [-0.1, -0.05) is 11.6 Å². The van der Waals surface area contributed by atoms with Crippen molar-refractivity contribution in [2.45, 2.75) is 6.04 Å². The van der Waals surface area contributed by atoms with Crippen LogP contribution < -0.4 is 10.2 Å². The summed E-state index contributed by atoms with van der Waals surface area (Å²) in [6, 6.07) is 6.48. The Morgan fingerprint density at radius 2 is 2.31 bits per heavy atom. The van der Waals surface area contributed by atoms with Gasteiger partial charge in [-0.2, -0.15) is 0 Å². The molecule has 2 rings (SSSR count). The third kappa shape index (κ3) is 1.40. The van der Waals surface area contributed by atoms with Gasteiger partial charge in [0.25, 0.3) is 0 Å². The van der Waals surface area contributed by atoms with E-state index < -0.39 is 0 Å². The monoisotopic (exact) mass is 196 g/mol. The first-order chi connectivity index (χ1) is 6.22. The number of halogens is 1. The minimum atomic E-state index is 0.415. The first kappa shape index (κ1) is 8.85. The fourth-order valence-electron chi connectivity index (χ4n) is 1.87. The van der Waals surface area contributed by atoms with Crippen LogP contribution in [0.4, 0.5) is 5.69 Å². The SMILES string of the molecule is CNC1CN(C)c2ccc(Cl)cc21. The van der Waals surface area contributed by atoms with Crippen LogP contribution in [0, 0.1) is 0 Å². The molecule has 0 radical (unpaired) electrons. The Bertz CT molecular complexity index is 325. The molecule has 1 aromatic carbocycles. The number of nitrogens with zero attached hydrogens (tertiary/aromatic N) is 1. The van der Waals surface area contributed by atoms with E-state index in [1.54, 1.807) is 0 Å². The van der Waals surface area contributed by atoms with Gasteiger partial charge in [0, 0.05) is 24.3 Å². The molecule has 0 saturated heterocycles. The van der Waals surface area contributed by atoms with Crippen LogP contribution in [0.5, 0.6) is 0 Å². The van der Waals surface area contributed by atoms with Crippen LogP contribution in [0.1, 0.15) is 11.6 Å². The summed E-state index contributed by atoms with van der Waals surface area (Å²) in [6.45, 7) is 1.02. The summed E-state index contributed by atoms with van der Waals surface area (Å²) >= 11 is 5.95. The third-order valence-electron chi connectivity index (χ3n) is 2.58. The average Bonchev–Trinajstić information content (AvgIpc) is 2.42. The molecule has 0 fully saturated rings. The maximum Gasteiger partial charge on any atom is 0.0516 e. The fraction of sp³-hybridized carbons (Fsp3) is 0.400. The van der Waals surface area contributed by atoms with E-state index in [1.165, 1.54) is 11.3 Å². The van der Waals surface area contributed by atoms with Gasteiger partial charge in [-0.05, 0) is 30.8 Å². The van der Waals surface area contributed by atoms with Crippen molar-refractivity contribution in [1.82, 2.24) is 5.32 Å². The van der Waals surface area contributed by atoms with Crippen LogP contribution in [0.3, 0.4) is 0 Å². The van der Waals surface area contributed by atoms with E-state index in [-0.39, 0.29) is 0 Å². The molecule has 1 unspecified atom stereocenters. The predicted molar refractivity (Wildman–Crippen MR) is 56.5 cm³/mol. The molecule has 0 saturated carbocycles. The lowest BCUT2D eigenvalue weighted by atomic mass is 10.1. The van der Waals surface area contributed by atoms with Crippen LogP contribution in [0.15, 0.2) is 18.2 Å². The first-order valence-electron chi connectivity index (χ1n) is 4.40. The number of benzene rings is 1. The van der Waals surface area contributed by atoms with Crippen LogP contribution in [-0.2, 0) is 0 Å². The van der Waals surface area contributed by atoms with Gasteiger partial charge in [-0.15, -0.1) is 0 Å². The largest absolute Gasteiger partial charge is 0.372 e. The molecule has 0 aromatic heterocycles. The number of likely N-dealkylation sites (N-methyl/N-ethyl adjacent to an activating group) is 2. The molecule has 0 bridgehead atoms. The second-order valence-corrected chi connectivity index (χ2v) is 3.86. The van der Waals surface area contributed by atoms with Crippen molar-refractivity contribution < 1.29 is 0 Å². The second kappa shape index (κ2) is 3.20. The molecule has 70 valence electrons. The average molecular weight is 197 g/mol. The predicted octanol–water partition coefficient (Wildman–Crippen LogP) is 2.05. The number of hydrogen-bond acceptors (Lipinski definition) is 2. The van der Waals surface area contributed by atoms with Crippen LogP contribution in [0.25, 0.3) is 0 Å². The highest BCUT2D eigenvalue weighted by atomic mass is 35.5. The minimum Gasteiger partial charge on any atom is -0.372 e. The maximum absolute atomic E-state index is 5.95. The van der Waals surface area contributed by atoms with Gasteiger partial charge >= 0.3 is 0 Å². The Balaban J connectivity index is 2.46. The van der Waals surface area contributed by atoms with Gasteiger partial charge in [-0.25, -0.2) is 0 Å². The molecule has 1 aliphatic heterocycles. The summed E-state index contributed by atoms with van der Waals surface area (Å²) in [7, 11) is 4.08. The van der Waals surface area contributed by atoms with Crippen molar-refractivity contribution in [2.24, 2.45) is 0 Å². The van der Waals surface area contributed by atoms with Crippen LogP contribution in [-0.4, -0.2) is 20.6 Å². The Hall–Kier alpha value is -0.730. The molecular weight excluding hydrogens is 184 g/mol. The van der Waals surface area contributed by atoms with Crippen molar-refractivity contribution in [3.63, 3.8) is 0 Å². The van der Waals surface area contributed by atoms with Gasteiger partial charge in [0.2, 0.25) is 0 Å². The summed E-state index contributed by atoms with van der Waals surface area (Å²) in [5.74, 6) is 0. The number of fused-ring (bicyclic) bond motifs is 1. The van der Waals surface area contributed by atoms with Crippen molar-refractivity contribution in [3.05, 3.63) is 28.8 Å². The van der Waals surface area contributed by atoms with E-state index in [1.807, 2.05) is 19.2 Å². The molecule has 2 nitrogen and oxygen atoms in total. The summed E-state index contributed by atoms with van der Waals surface area (Å²) in [6.07, 6.45) is 0. The Labute approximate surface area is 83.5 Å². The lowest BCUT2D eigenvalue weighted by molar-refractivity contribution is 0.626. The van der Waals surface area contributed by atoms with Gasteiger partial charge in [0.1, 0.15) is 0 Å². The van der Waals surface area contributed by atoms with Crippen LogP contribution in [0.2, 0.25) is 5.02 Å². The van der Waals surface area contributed by atoms with E-state index in [4.69, 9.17) is 11.6 Å². The van der Waals surface area contributed by atoms with Crippen molar-refractivity contribution in [2.75, 3.05) is 25.5 Å². The Morgan fingerprint density at radius 1 is 1.54 bits per heavy atom. The van der Waals surface area contributed by atoms with E-state index >= 15 is 0 Å². The molecule has 0 amide bonds. The second-order valence-electron chi connectivity index (χ2n) is 3.42. The highest BCUT2D eigenvalue weighted by molar-refractivity contribution is 6.30. The Morgan fingerprint density at radius 3 is 3.00 bits per heavy atom. The van der Waals surface area contributed by atoms with E-state index in [0.29, 0.717) is 6.04 Å². The van der Waals surface area contributed by atoms with Crippen molar-refractivity contribution in [3.8, 4) is 0 Å². The van der Waals surface area contributed by atoms with Gasteiger partial charge in [0.05, 0.1) is 6.04 Å². The molecule has 1 atom stereocenters. The third-order valence-corrected chi connectivity index (χ3v) is 2.82. The molecular formula is C10H13ClN2. The van der Waals surface area contributed by atoms with Gasteiger partial charge in [-0.3, -0.25) is 0 Å². The van der Waals surface area contributed by atoms with Crippen molar-refractivity contribution >= 4 is 17.3 Å². The summed E-state index contributed by atoms with van der Waals surface area (Å²) < 4.78 is 0. The molecule has 1 aromatic rings. The van der Waals surface area contributed by atoms with E-state index in [9.17, 15) is 0 Å². The standard InChI is InChI=1S/C10H13ClN2/c1-12-9-6-13(2)10-4-3-7(11)5-8(9)10/h3-5,9,12H,6H2,1-2H3. The number of anilines is 1. The fourth-order valence-corrected chi connectivity index (χ4v) is 2.05. The maximum atomic E-state index is 5.95. The minimum absolute atomic E-state index is 0.415. The quantitative estimate of drug-likeness (QED) is 0.740. The molecule has 3 heteroatoms. The lowest BCUT2D eigenvalue weighted by Crippen LogP contribution is -2.22. The normalized spacial score (nSPS) is 20.5. The zero-order valence-corrected chi connectivity index (χ0v) is 8.60. The van der Waals surface area contributed by atoms with Gasteiger partial charge in [0.15, 0.2) is 0 Å². The van der Waals surface area contributed by atoms with E-state index in [0.717, 1.165) is 11.6 Å². The molecule has 0 aliphatic carbocycles. The molecule has 1 aliphatic rings. The number of rotatable bonds is 1. The zero-order valence-electron chi connectivity index (χ0n) is 7.84. The molecule has 1 N–H and O–H groups in total. The zero-order chi connectivity index (χ0) is 9.42. The summed E-state index contributed by atoms with van der Waals surface area (Å²) in [5, 5.41) is 4.09. The van der Waals surface area contributed by atoms with Gasteiger partial charge < -0.3 is 10.2 Å². The van der Waals surface area contributed by atoms with Crippen molar-refractivity contribution in [1.29, 1.82) is 0 Å². The summed E-state index contributed by atoms with van der Waals surface area (Å²) in [4.78, 5) is 2.24. The Kier molecular flexibility index (Phi) is 2.18. The highest BCUT2D eigenvalue weighted by Crippen LogP contribution is 2.34. The summed E-state index contributed by atoms with van der Waals surface area (Å²) in [5.41, 5.74) is 2.58.